The van der Waals surface area contributed by atoms with Crippen LogP contribution in [-0.4, -0.2) is 49.6 Å². The van der Waals surface area contributed by atoms with Crippen LogP contribution in [0.5, 0.6) is 0 Å². The molecule has 1 amide bonds. The van der Waals surface area contributed by atoms with E-state index in [9.17, 15) is 9.59 Å². The fourth-order valence-corrected chi connectivity index (χ4v) is 6.29. The summed E-state index contributed by atoms with van der Waals surface area (Å²) in [5.41, 5.74) is 1.71. The molecule has 1 saturated carbocycles. The average Bonchev–Trinajstić information content (AvgIpc) is 3.52. The Morgan fingerprint density at radius 1 is 1.15 bits per heavy atom. The van der Waals surface area contributed by atoms with Crippen molar-refractivity contribution in [2.24, 2.45) is 10.8 Å². The summed E-state index contributed by atoms with van der Waals surface area (Å²) in [6.07, 6.45) is 15.1. The molecule has 33 heavy (non-hydrogen) atoms. The number of esters is 1. The van der Waals surface area contributed by atoms with Gasteiger partial charge in [-0.2, -0.15) is 0 Å². The Morgan fingerprint density at radius 3 is 2.52 bits per heavy atom. The predicted octanol–water partition coefficient (Wildman–Crippen LogP) is 4.74. The summed E-state index contributed by atoms with van der Waals surface area (Å²) in [7, 11) is 1.36. The highest BCUT2D eigenvalue weighted by atomic mass is 16.5. The molecule has 0 radical (unpaired) electrons. The van der Waals surface area contributed by atoms with Gasteiger partial charge in [-0.25, -0.2) is 0 Å². The van der Waals surface area contributed by atoms with E-state index in [1.54, 1.807) is 0 Å². The summed E-state index contributed by atoms with van der Waals surface area (Å²) in [5.74, 6) is -0.386. The van der Waals surface area contributed by atoms with Gasteiger partial charge in [-0.3, -0.25) is 9.59 Å². The molecule has 178 valence electrons. The third-order valence-electron chi connectivity index (χ3n) is 8.38. The summed E-state index contributed by atoms with van der Waals surface area (Å²) in [5, 5.41) is 2.94. The Morgan fingerprint density at radius 2 is 1.91 bits per heavy atom. The first-order valence-corrected chi connectivity index (χ1v) is 12.5. The molecule has 2 aliphatic carbocycles. The van der Waals surface area contributed by atoms with E-state index in [0.717, 1.165) is 51.6 Å². The number of amides is 1. The van der Waals surface area contributed by atoms with Crippen LogP contribution >= 0.6 is 0 Å². The summed E-state index contributed by atoms with van der Waals surface area (Å²) in [4.78, 5) is 28.1. The minimum atomic E-state index is -0.487. The van der Waals surface area contributed by atoms with Crippen molar-refractivity contribution in [3.63, 3.8) is 0 Å². The van der Waals surface area contributed by atoms with Crippen molar-refractivity contribution >= 4 is 17.4 Å². The molecule has 1 heterocycles. The number of ether oxygens (including phenoxy) is 1. The minimum absolute atomic E-state index is 0.0149. The molecule has 1 aromatic carbocycles. The van der Waals surface area contributed by atoms with Crippen molar-refractivity contribution in [2.45, 2.75) is 64.3 Å². The van der Waals surface area contributed by atoms with Crippen LogP contribution in [-0.2, 0) is 14.3 Å². The molecule has 1 unspecified atom stereocenters. The lowest BCUT2D eigenvalue weighted by Gasteiger charge is -2.48. The standard InChI is InChI=1S/C28H38N2O3/c1-22-9-8-19-30(22)20-18-27(16-12-24(13-17-27)23-10-4-3-5-11-23)28(14-6-7-15-28)26(32)29-21-25(31)33-2/h3-5,10-13,16,22H,6-9,14-15,17-21H2,1-2H3,(H,29,32)/t22?,27-/m1/s1. The Bertz CT molecular complexity index is 901. The fraction of sp³-hybridized carbons (Fsp3) is 0.571. The largest absolute Gasteiger partial charge is 0.468 e. The van der Waals surface area contributed by atoms with Crippen LogP contribution in [0, 0.1) is 10.8 Å². The lowest BCUT2D eigenvalue weighted by Crippen LogP contribution is -2.52. The number of likely N-dealkylation sites (tertiary alicyclic amines) is 1. The second-order valence-electron chi connectivity index (χ2n) is 10.0. The molecule has 3 aliphatic rings. The molecular weight excluding hydrogens is 412 g/mol. The zero-order valence-electron chi connectivity index (χ0n) is 20.1. The van der Waals surface area contributed by atoms with Crippen LogP contribution in [0.25, 0.3) is 5.57 Å². The molecule has 5 nitrogen and oxygen atoms in total. The van der Waals surface area contributed by atoms with Crippen LogP contribution < -0.4 is 5.32 Å². The molecule has 2 atom stereocenters. The van der Waals surface area contributed by atoms with Crippen molar-refractivity contribution in [3.05, 3.63) is 54.1 Å². The first kappa shape index (κ1) is 23.7. The minimum Gasteiger partial charge on any atom is -0.468 e. The predicted molar refractivity (Wildman–Crippen MR) is 131 cm³/mol. The molecule has 1 aromatic rings. The van der Waals surface area contributed by atoms with Crippen LogP contribution in [0.1, 0.15) is 63.9 Å². The number of nitrogens with one attached hydrogen (secondary N) is 1. The average molecular weight is 451 g/mol. The van der Waals surface area contributed by atoms with E-state index in [0.29, 0.717) is 6.04 Å². The van der Waals surface area contributed by atoms with E-state index in [4.69, 9.17) is 4.74 Å². The molecular formula is C28H38N2O3. The van der Waals surface area contributed by atoms with Crippen molar-refractivity contribution in [3.8, 4) is 0 Å². The fourth-order valence-electron chi connectivity index (χ4n) is 6.29. The van der Waals surface area contributed by atoms with Gasteiger partial charge in [-0.15, -0.1) is 0 Å². The first-order chi connectivity index (χ1) is 16.0. The molecule has 1 aliphatic heterocycles. The van der Waals surface area contributed by atoms with Gasteiger partial charge in [0.05, 0.1) is 12.5 Å². The van der Waals surface area contributed by atoms with Gasteiger partial charge in [0.25, 0.3) is 0 Å². The number of carbonyl (C=O) groups is 2. The van der Waals surface area contributed by atoms with Gasteiger partial charge >= 0.3 is 5.97 Å². The maximum atomic E-state index is 13.7. The van der Waals surface area contributed by atoms with E-state index >= 15 is 0 Å². The molecule has 2 fully saturated rings. The van der Waals surface area contributed by atoms with E-state index in [1.165, 1.54) is 31.1 Å². The highest BCUT2D eigenvalue weighted by Gasteiger charge is 2.55. The smallest absolute Gasteiger partial charge is 0.325 e. The number of carbonyl (C=O) groups excluding carboxylic acids is 2. The Balaban J connectivity index is 1.63. The van der Waals surface area contributed by atoms with Gasteiger partial charge in [0, 0.05) is 11.5 Å². The highest BCUT2D eigenvalue weighted by Crippen LogP contribution is 2.58. The Hall–Kier alpha value is -2.40. The third kappa shape index (κ3) is 4.79. The number of rotatable bonds is 8. The Labute approximate surface area is 198 Å². The summed E-state index contributed by atoms with van der Waals surface area (Å²) >= 11 is 0. The van der Waals surface area contributed by atoms with Crippen LogP contribution in [0.15, 0.2) is 48.6 Å². The topological polar surface area (TPSA) is 58.6 Å². The molecule has 0 bridgehead atoms. The third-order valence-corrected chi connectivity index (χ3v) is 8.38. The summed E-state index contributed by atoms with van der Waals surface area (Å²) in [6, 6.07) is 11.1. The van der Waals surface area contributed by atoms with Gasteiger partial charge in [-0.05, 0) is 69.7 Å². The molecule has 1 N–H and O–H groups in total. The number of nitrogens with zero attached hydrogens (tertiary/aromatic N) is 1. The Kier molecular flexibility index (Phi) is 7.38. The van der Waals surface area contributed by atoms with Gasteiger partial charge in [0.15, 0.2) is 0 Å². The van der Waals surface area contributed by atoms with E-state index in [2.05, 4.69) is 59.6 Å². The zero-order chi connectivity index (χ0) is 23.3. The number of allylic oxidation sites excluding steroid dienone is 4. The van der Waals surface area contributed by atoms with Crippen LogP contribution in [0.3, 0.4) is 0 Å². The molecule has 5 heteroatoms. The van der Waals surface area contributed by atoms with Crippen LogP contribution in [0.4, 0.5) is 0 Å². The number of benzene rings is 1. The zero-order valence-corrected chi connectivity index (χ0v) is 20.1. The van der Waals surface area contributed by atoms with Crippen molar-refractivity contribution in [1.82, 2.24) is 10.2 Å². The SMILES string of the molecule is COC(=O)CNC(=O)C1([C@]2(CCN3CCCC3C)C=CC(c3ccccc3)=CC2)CCCC1. The van der Waals surface area contributed by atoms with Gasteiger partial charge in [0.2, 0.25) is 5.91 Å². The lowest BCUT2D eigenvalue weighted by atomic mass is 9.56. The van der Waals surface area contributed by atoms with E-state index in [1.807, 2.05) is 6.07 Å². The second kappa shape index (κ2) is 10.3. The number of methoxy groups -OCH3 is 1. The van der Waals surface area contributed by atoms with E-state index < -0.39 is 11.4 Å². The van der Waals surface area contributed by atoms with E-state index in [-0.39, 0.29) is 17.9 Å². The molecule has 0 spiro atoms. The van der Waals surface area contributed by atoms with Gasteiger partial charge < -0.3 is 15.0 Å². The maximum absolute atomic E-state index is 13.7. The van der Waals surface area contributed by atoms with Crippen molar-refractivity contribution < 1.29 is 14.3 Å². The number of hydrogen-bond donors (Lipinski definition) is 1. The molecule has 4 rings (SSSR count). The van der Waals surface area contributed by atoms with Crippen molar-refractivity contribution in [2.75, 3.05) is 26.7 Å². The maximum Gasteiger partial charge on any atom is 0.325 e. The summed E-state index contributed by atoms with van der Waals surface area (Å²) in [6.45, 7) is 4.41. The van der Waals surface area contributed by atoms with Crippen molar-refractivity contribution in [1.29, 1.82) is 0 Å². The first-order valence-electron chi connectivity index (χ1n) is 12.5. The normalized spacial score (nSPS) is 26.7. The lowest BCUT2D eigenvalue weighted by molar-refractivity contribution is -0.145. The highest BCUT2D eigenvalue weighted by molar-refractivity contribution is 5.88. The molecule has 1 saturated heterocycles. The molecule has 0 aromatic heterocycles. The number of hydrogen-bond acceptors (Lipinski definition) is 4. The summed E-state index contributed by atoms with van der Waals surface area (Å²) < 4.78 is 4.77. The monoisotopic (exact) mass is 450 g/mol. The second-order valence-corrected chi connectivity index (χ2v) is 10.0. The van der Waals surface area contributed by atoms with Crippen LogP contribution in [0.2, 0.25) is 0 Å². The van der Waals surface area contributed by atoms with Gasteiger partial charge in [-0.1, -0.05) is 61.4 Å². The van der Waals surface area contributed by atoms with Gasteiger partial charge in [0.1, 0.15) is 6.54 Å². The quantitative estimate of drug-likeness (QED) is 0.581.